The molecule has 94 valence electrons. The molecule has 17 heavy (non-hydrogen) atoms. The lowest BCUT2D eigenvalue weighted by Gasteiger charge is -2.11. The molecule has 0 fully saturated rings. The number of ether oxygens (including phenoxy) is 1. The normalized spacial score (nSPS) is 12.2. The van der Waals surface area contributed by atoms with Gasteiger partial charge in [-0.1, -0.05) is 6.92 Å². The van der Waals surface area contributed by atoms with Crippen LogP contribution in [-0.4, -0.2) is 18.1 Å². The van der Waals surface area contributed by atoms with Crippen LogP contribution in [0, 0.1) is 27.7 Å². The second-order valence-corrected chi connectivity index (χ2v) is 3.64. The molecule has 1 atom stereocenters. The highest BCUT2D eigenvalue weighted by Gasteiger charge is 2.19. The van der Waals surface area contributed by atoms with Crippen LogP contribution in [0.25, 0.3) is 0 Å². The van der Waals surface area contributed by atoms with Gasteiger partial charge in [0.2, 0.25) is 5.82 Å². The molecular formula is C10H12F2N2O3. The Kier molecular flexibility index (Phi) is 4.33. The molecule has 7 heteroatoms. The summed E-state index contributed by atoms with van der Waals surface area (Å²) >= 11 is 0. The quantitative estimate of drug-likeness (QED) is 0.635. The van der Waals surface area contributed by atoms with Crippen molar-refractivity contribution in [3.8, 4) is 5.75 Å². The van der Waals surface area contributed by atoms with Gasteiger partial charge < -0.3 is 10.5 Å². The van der Waals surface area contributed by atoms with Crippen LogP contribution in [0.15, 0.2) is 12.1 Å². The Morgan fingerprint density at radius 2 is 2.12 bits per heavy atom. The van der Waals surface area contributed by atoms with Gasteiger partial charge in [0.25, 0.3) is 0 Å². The minimum absolute atomic E-state index is 0.0207. The fourth-order valence-electron chi connectivity index (χ4n) is 1.07. The molecule has 0 bridgehead atoms. The van der Waals surface area contributed by atoms with Crippen LogP contribution in [0.5, 0.6) is 5.75 Å². The van der Waals surface area contributed by atoms with E-state index < -0.39 is 22.2 Å². The molecule has 0 aromatic heterocycles. The average Bonchev–Trinajstić information content (AvgIpc) is 2.28. The Balaban J connectivity index is 2.88. The molecule has 5 nitrogen and oxygen atoms in total. The monoisotopic (exact) mass is 246 g/mol. The van der Waals surface area contributed by atoms with Crippen molar-refractivity contribution in [1.29, 1.82) is 0 Å². The van der Waals surface area contributed by atoms with E-state index in [9.17, 15) is 18.9 Å². The number of nitrogens with two attached hydrogens (primary N) is 1. The van der Waals surface area contributed by atoms with Crippen molar-refractivity contribution in [2.24, 2.45) is 11.7 Å². The van der Waals surface area contributed by atoms with Gasteiger partial charge in [-0.25, -0.2) is 4.39 Å². The average molecular weight is 246 g/mol. The molecule has 0 aliphatic carbocycles. The molecule has 2 N–H and O–H groups in total. The van der Waals surface area contributed by atoms with Crippen LogP contribution >= 0.6 is 0 Å². The minimum atomic E-state index is -1.13. The van der Waals surface area contributed by atoms with Gasteiger partial charge in [0, 0.05) is 12.0 Å². The number of halogens is 2. The summed E-state index contributed by atoms with van der Waals surface area (Å²) in [6, 6.07) is 1.16. The molecule has 0 saturated heterocycles. The zero-order chi connectivity index (χ0) is 13.0. The Morgan fingerprint density at radius 1 is 1.47 bits per heavy atom. The number of hydrogen-bond acceptors (Lipinski definition) is 4. The van der Waals surface area contributed by atoms with E-state index in [1.807, 2.05) is 0 Å². The molecule has 1 rings (SSSR count). The third kappa shape index (κ3) is 3.35. The standard InChI is InChI=1S/C10H12F2N2O3/c1-6(4-13)5-17-10-3-7(11)9(14(15)16)2-8(10)12/h2-3,6H,4-5,13H2,1H3. The lowest BCUT2D eigenvalue weighted by atomic mass is 10.2. The van der Waals surface area contributed by atoms with Crippen molar-refractivity contribution >= 4 is 5.69 Å². The SMILES string of the molecule is CC(CN)COc1cc(F)c([N+](=O)[O-])cc1F. The summed E-state index contributed by atoms with van der Waals surface area (Å²) < 4.78 is 31.5. The van der Waals surface area contributed by atoms with E-state index in [1.54, 1.807) is 6.92 Å². The maximum atomic E-state index is 13.3. The fraction of sp³-hybridized carbons (Fsp3) is 0.400. The highest BCUT2D eigenvalue weighted by atomic mass is 19.1. The van der Waals surface area contributed by atoms with Gasteiger partial charge in [-0.15, -0.1) is 0 Å². The van der Waals surface area contributed by atoms with Gasteiger partial charge in [0.15, 0.2) is 11.6 Å². The first-order valence-electron chi connectivity index (χ1n) is 4.92. The maximum absolute atomic E-state index is 13.3. The second-order valence-electron chi connectivity index (χ2n) is 3.64. The summed E-state index contributed by atoms with van der Waals surface area (Å²) in [5, 5.41) is 10.3. The van der Waals surface area contributed by atoms with Gasteiger partial charge in [-0.3, -0.25) is 10.1 Å². The van der Waals surface area contributed by atoms with E-state index >= 15 is 0 Å². The van der Waals surface area contributed by atoms with E-state index in [2.05, 4.69) is 0 Å². The summed E-state index contributed by atoms with van der Waals surface area (Å²) in [6.45, 7) is 2.24. The Hall–Kier alpha value is -1.76. The number of nitrogens with zero attached hydrogens (tertiary/aromatic N) is 1. The zero-order valence-electron chi connectivity index (χ0n) is 9.15. The van der Waals surface area contributed by atoms with Gasteiger partial charge >= 0.3 is 5.69 Å². The van der Waals surface area contributed by atoms with Crippen molar-refractivity contribution < 1.29 is 18.4 Å². The van der Waals surface area contributed by atoms with Crippen LogP contribution in [0.3, 0.4) is 0 Å². The fourth-order valence-corrected chi connectivity index (χ4v) is 1.07. The Bertz CT molecular complexity index is 426. The van der Waals surface area contributed by atoms with Gasteiger partial charge in [0.1, 0.15) is 0 Å². The predicted molar refractivity (Wildman–Crippen MR) is 56.7 cm³/mol. The van der Waals surface area contributed by atoms with E-state index in [4.69, 9.17) is 10.5 Å². The molecule has 0 aliphatic heterocycles. The van der Waals surface area contributed by atoms with Gasteiger partial charge in [-0.2, -0.15) is 4.39 Å². The molecule has 0 spiro atoms. The second kappa shape index (κ2) is 5.53. The van der Waals surface area contributed by atoms with Crippen LogP contribution in [0.2, 0.25) is 0 Å². The van der Waals surface area contributed by atoms with Crippen molar-refractivity contribution in [2.75, 3.05) is 13.2 Å². The number of nitro benzene ring substituents is 1. The molecular weight excluding hydrogens is 234 g/mol. The first-order valence-corrected chi connectivity index (χ1v) is 4.92. The minimum Gasteiger partial charge on any atom is -0.490 e. The van der Waals surface area contributed by atoms with Crippen molar-refractivity contribution in [3.63, 3.8) is 0 Å². The maximum Gasteiger partial charge on any atom is 0.307 e. The number of benzene rings is 1. The third-order valence-corrected chi connectivity index (χ3v) is 2.12. The molecule has 0 amide bonds. The predicted octanol–water partition coefficient (Wildman–Crippen LogP) is 1.85. The molecule has 0 heterocycles. The third-order valence-electron chi connectivity index (χ3n) is 2.12. The van der Waals surface area contributed by atoms with Gasteiger partial charge in [0.05, 0.1) is 17.6 Å². The van der Waals surface area contributed by atoms with E-state index in [0.717, 1.165) is 0 Å². The van der Waals surface area contributed by atoms with Crippen molar-refractivity contribution in [3.05, 3.63) is 33.9 Å². The number of rotatable bonds is 5. The van der Waals surface area contributed by atoms with Crippen LogP contribution in [0.4, 0.5) is 14.5 Å². The largest absolute Gasteiger partial charge is 0.490 e. The summed E-state index contributed by atoms with van der Waals surface area (Å²) in [7, 11) is 0. The topological polar surface area (TPSA) is 78.4 Å². The lowest BCUT2D eigenvalue weighted by molar-refractivity contribution is -0.387. The molecule has 0 aliphatic rings. The lowest BCUT2D eigenvalue weighted by Crippen LogP contribution is -2.18. The summed E-state index contributed by atoms with van der Waals surface area (Å²) in [6.07, 6.45) is 0. The van der Waals surface area contributed by atoms with E-state index in [0.29, 0.717) is 18.7 Å². The first kappa shape index (κ1) is 13.3. The van der Waals surface area contributed by atoms with Crippen molar-refractivity contribution in [2.45, 2.75) is 6.92 Å². The van der Waals surface area contributed by atoms with E-state index in [1.165, 1.54) is 0 Å². The Labute approximate surface area is 96.3 Å². The number of hydrogen-bond donors (Lipinski definition) is 1. The molecule has 1 aromatic carbocycles. The van der Waals surface area contributed by atoms with Crippen LogP contribution in [0.1, 0.15) is 6.92 Å². The highest BCUT2D eigenvalue weighted by Crippen LogP contribution is 2.26. The molecule has 1 aromatic rings. The summed E-state index contributed by atoms with van der Waals surface area (Å²) in [5.41, 5.74) is 4.42. The first-order chi connectivity index (χ1) is 7.95. The smallest absolute Gasteiger partial charge is 0.307 e. The number of nitro groups is 1. The molecule has 0 radical (unpaired) electrons. The Morgan fingerprint density at radius 3 is 2.65 bits per heavy atom. The summed E-state index contributed by atoms with van der Waals surface area (Å²) in [4.78, 5) is 9.34. The highest BCUT2D eigenvalue weighted by molar-refractivity contribution is 5.39. The summed E-state index contributed by atoms with van der Waals surface area (Å²) in [5.74, 6) is -2.48. The van der Waals surface area contributed by atoms with Gasteiger partial charge in [-0.05, 0) is 6.54 Å². The molecule has 1 unspecified atom stereocenters. The van der Waals surface area contributed by atoms with Crippen molar-refractivity contribution in [1.82, 2.24) is 0 Å². The van der Waals surface area contributed by atoms with Crippen LogP contribution < -0.4 is 10.5 Å². The zero-order valence-corrected chi connectivity index (χ0v) is 9.15. The van der Waals surface area contributed by atoms with E-state index in [-0.39, 0.29) is 18.3 Å². The molecule has 0 saturated carbocycles. The van der Waals surface area contributed by atoms with Crippen LogP contribution in [-0.2, 0) is 0 Å².